The van der Waals surface area contributed by atoms with Crippen molar-refractivity contribution in [1.82, 2.24) is 0 Å². The Labute approximate surface area is 183 Å². The number of nitrogens with zero attached hydrogens (tertiary/aromatic N) is 2. The topological polar surface area (TPSA) is 134 Å². The van der Waals surface area contributed by atoms with E-state index in [9.17, 15) is 23.9 Å². The highest BCUT2D eigenvalue weighted by molar-refractivity contribution is 7.92. The maximum atomic E-state index is 13.4. The lowest BCUT2D eigenvalue weighted by molar-refractivity contribution is -0.0426. The van der Waals surface area contributed by atoms with Gasteiger partial charge in [0.25, 0.3) is 10.0 Å². The molecule has 0 amide bonds. The van der Waals surface area contributed by atoms with E-state index < -0.39 is 16.3 Å². The van der Waals surface area contributed by atoms with Crippen LogP contribution in [-0.2, 0) is 10.0 Å². The summed E-state index contributed by atoms with van der Waals surface area (Å²) in [6, 6.07) is 16.5. The number of anilines is 1. The summed E-state index contributed by atoms with van der Waals surface area (Å²) in [5.41, 5.74) is 1.73. The summed E-state index contributed by atoms with van der Waals surface area (Å²) in [6.07, 6.45) is -0.0643. The molecule has 1 fully saturated rings. The molecule has 0 bridgehead atoms. The van der Waals surface area contributed by atoms with Gasteiger partial charge in [-0.2, -0.15) is 10.5 Å². The highest BCUT2D eigenvalue weighted by Crippen LogP contribution is 2.44. The number of nitriles is 2. The van der Waals surface area contributed by atoms with Gasteiger partial charge in [-0.25, -0.2) is 8.42 Å². The standard InChI is InChI=1S/C22H17N3O4S2/c23-11-13-1-6-18(20-8-5-16(12-24)30-20)19(9-13)25-31(28,29)21-10-15(22(26)27)4-7-17(21)14-2-3-14/h1,4-10,14,22,25-27H,2-3H2. The van der Waals surface area contributed by atoms with Gasteiger partial charge >= 0.3 is 0 Å². The molecule has 0 unspecified atom stereocenters. The molecule has 0 atom stereocenters. The van der Waals surface area contributed by atoms with Crippen molar-refractivity contribution in [3.63, 3.8) is 0 Å². The van der Waals surface area contributed by atoms with E-state index in [2.05, 4.69) is 10.8 Å². The second-order valence-electron chi connectivity index (χ2n) is 7.20. The van der Waals surface area contributed by atoms with E-state index in [1.165, 1.54) is 29.5 Å². The lowest BCUT2D eigenvalue weighted by Gasteiger charge is -2.16. The number of benzene rings is 2. The third kappa shape index (κ3) is 4.31. The predicted octanol–water partition coefficient (Wildman–Crippen LogP) is 3.82. The molecule has 3 aromatic rings. The van der Waals surface area contributed by atoms with E-state index in [4.69, 9.17) is 5.26 Å². The zero-order valence-electron chi connectivity index (χ0n) is 16.1. The fraction of sp³-hybridized carbons (Fsp3) is 0.182. The largest absolute Gasteiger partial charge is 0.364 e. The average molecular weight is 452 g/mol. The van der Waals surface area contributed by atoms with Crippen molar-refractivity contribution in [3.8, 4) is 22.6 Å². The van der Waals surface area contributed by atoms with Crippen molar-refractivity contribution in [2.75, 3.05) is 4.72 Å². The first-order valence-electron chi connectivity index (χ1n) is 9.39. The second-order valence-corrected chi connectivity index (χ2v) is 9.93. The second kappa shape index (κ2) is 8.14. The third-order valence-corrected chi connectivity index (χ3v) is 7.46. The molecule has 0 saturated heterocycles. The van der Waals surface area contributed by atoms with Crippen LogP contribution in [0.4, 0.5) is 5.69 Å². The number of aliphatic hydroxyl groups excluding tert-OH is 1. The molecule has 0 spiro atoms. The quantitative estimate of drug-likeness (QED) is 0.488. The van der Waals surface area contributed by atoms with Gasteiger partial charge in [0.2, 0.25) is 0 Å². The molecule has 3 N–H and O–H groups in total. The third-order valence-electron chi connectivity index (χ3n) is 5.02. The molecular weight excluding hydrogens is 434 g/mol. The Morgan fingerprint density at radius 2 is 1.81 bits per heavy atom. The average Bonchev–Trinajstić information content (AvgIpc) is 3.50. The lowest BCUT2D eigenvalue weighted by Crippen LogP contribution is -2.16. The Morgan fingerprint density at radius 3 is 2.42 bits per heavy atom. The van der Waals surface area contributed by atoms with E-state index in [1.54, 1.807) is 30.3 Å². The minimum absolute atomic E-state index is 0.0159. The molecule has 1 aromatic heterocycles. The minimum Gasteiger partial charge on any atom is -0.364 e. The Bertz CT molecular complexity index is 1340. The molecule has 9 heteroatoms. The first-order chi connectivity index (χ1) is 14.8. The van der Waals surface area contributed by atoms with Crippen molar-refractivity contribution in [1.29, 1.82) is 10.5 Å². The molecule has 0 aliphatic heterocycles. The van der Waals surface area contributed by atoms with E-state index in [0.29, 0.717) is 20.9 Å². The highest BCUT2D eigenvalue weighted by Gasteiger charge is 2.31. The SMILES string of the molecule is N#Cc1ccc(-c2ccc(C#N)s2)c(NS(=O)(=O)c2cc(C(O)O)ccc2C2CC2)c1. The molecule has 0 radical (unpaired) electrons. The summed E-state index contributed by atoms with van der Waals surface area (Å²) < 4.78 is 29.3. The fourth-order valence-electron chi connectivity index (χ4n) is 3.33. The van der Waals surface area contributed by atoms with Crippen molar-refractivity contribution >= 4 is 27.0 Å². The van der Waals surface area contributed by atoms with Gasteiger partial charge in [0.05, 0.1) is 22.2 Å². The van der Waals surface area contributed by atoms with Crippen molar-refractivity contribution in [2.24, 2.45) is 0 Å². The number of sulfonamides is 1. The summed E-state index contributed by atoms with van der Waals surface area (Å²) in [7, 11) is -4.10. The van der Waals surface area contributed by atoms with Crippen molar-refractivity contribution in [2.45, 2.75) is 29.9 Å². The predicted molar refractivity (Wildman–Crippen MR) is 116 cm³/mol. The Kier molecular flexibility index (Phi) is 5.52. The maximum Gasteiger partial charge on any atom is 0.262 e. The van der Waals surface area contributed by atoms with Crippen LogP contribution in [0.1, 0.15) is 46.6 Å². The van der Waals surface area contributed by atoms with Crippen LogP contribution in [0.5, 0.6) is 0 Å². The first kappa shape index (κ1) is 21.0. The van der Waals surface area contributed by atoms with Gasteiger partial charge in [0.15, 0.2) is 6.29 Å². The van der Waals surface area contributed by atoms with Crippen LogP contribution in [0.3, 0.4) is 0 Å². The molecular formula is C22H17N3O4S2. The molecule has 31 heavy (non-hydrogen) atoms. The van der Waals surface area contributed by atoms with Crippen molar-refractivity contribution in [3.05, 3.63) is 70.1 Å². The van der Waals surface area contributed by atoms with Crippen LogP contribution in [0, 0.1) is 22.7 Å². The Balaban J connectivity index is 1.81. The zero-order chi connectivity index (χ0) is 22.2. The van der Waals surface area contributed by atoms with Crippen LogP contribution >= 0.6 is 11.3 Å². The molecule has 4 rings (SSSR count). The maximum absolute atomic E-state index is 13.4. The van der Waals surface area contributed by atoms with Gasteiger partial charge in [-0.3, -0.25) is 4.72 Å². The molecule has 1 saturated carbocycles. The monoisotopic (exact) mass is 451 g/mol. The van der Waals surface area contributed by atoms with E-state index in [-0.39, 0.29) is 27.6 Å². The number of rotatable bonds is 6. The molecule has 1 aliphatic rings. The summed E-state index contributed by atoms with van der Waals surface area (Å²) in [4.78, 5) is 1.15. The van der Waals surface area contributed by atoms with Gasteiger partial charge in [-0.15, -0.1) is 11.3 Å². The van der Waals surface area contributed by atoms with Crippen LogP contribution in [-0.4, -0.2) is 18.6 Å². The minimum atomic E-state index is -4.10. The van der Waals surface area contributed by atoms with Crippen molar-refractivity contribution < 1.29 is 18.6 Å². The van der Waals surface area contributed by atoms with E-state index >= 15 is 0 Å². The molecule has 2 aromatic carbocycles. The van der Waals surface area contributed by atoms with Gasteiger partial charge < -0.3 is 10.2 Å². The highest BCUT2D eigenvalue weighted by atomic mass is 32.2. The fourth-order valence-corrected chi connectivity index (χ4v) is 5.58. The molecule has 1 aliphatic carbocycles. The van der Waals surface area contributed by atoms with E-state index in [1.807, 2.05) is 6.07 Å². The van der Waals surface area contributed by atoms with Crippen LogP contribution in [0.15, 0.2) is 53.4 Å². The van der Waals surface area contributed by atoms with Gasteiger partial charge in [0.1, 0.15) is 10.9 Å². The lowest BCUT2D eigenvalue weighted by atomic mass is 10.1. The Hall–Kier alpha value is -3.21. The number of aliphatic hydroxyl groups is 2. The number of hydrogen-bond acceptors (Lipinski definition) is 7. The first-order valence-corrected chi connectivity index (χ1v) is 11.7. The Morgan fingerprint density at radius 1 is 1.03 bits per heavy atom. The van der Waals surface area contributed by atoms with E-state index in [0.717, 1.165) is 12.8 Å². The summed E-state index contributed by atoms with van der Waals surface area (Å²) in [5, 5.41) is 37.4. The summed E-state index contributed by atoms with van der Waals surface area (Å²) in [5.74, 6) is 0.108. The summed E-state index contributed by atoms with van der Waals surface area (Å²) in [6.45, 7) is 0. The number of nitrogens with one attached hydrogen (secondary N) is 1. The smallest absolute Gasteiger partial charge is 0.262 e. The normalized spacial score (nSPS) is 13.6. The molecule has 1 heterocycles. The number of thiophene rings is 1. The van der Waals surface area contributed by atoms with Gasteiger partial charge in [-0.1, -0.05) is 18.2 Å². The van der Waals surface area contributed by atoms with Crippen LogP contribution < -0.4 is 4.72 Å². The molecule has 156 valence electrons. The van der Waals surface area contributed by atoms with Gasteiger partial charge in [0, 0.05) is 16.0 Å². The summed E-state index contributed by atoms with van der Waals surface area (Å²) >= 11 is 1.21. The van der Waals surface area contributed by atoms with Gasteiger partial charge in [-0.05, 0) is 54.7 Å². The number of hydrogen-bond donors (Lipinski definition) is 3. The van der Waals surface area contributed by atoms with Crippen LogP contribution in [0.2, 0.25) is 0 Å². The molecule has 7 nitrogen and oxygen atoms in total. The van der Waals surface area contributed by atoms with Crippen LogP contribution in [0.25, 0.3) is 10.4 Å². The zero-order valence-corrected chi connectivity index (χ0v) is 17.7.